The van der Waals surface area contributed by atoms with E-state index >= 15 is 0 Å². The first kappa shape index (κ1) is 17.6. The first-order valence-corrected chi connectivity index (χ1v) is 7.53. The van der Waals surface area contributed by atoms with Crippen molar-refractivity contribution in [3.8, 4) is 22.9 Å². The second kappa shape index (κ2) is 6.95. The van der Waals surface area contributed by atoms with Gasteiger partial charge in [-0.25, -0.2) is 0 Å². The summed E-state index contributed by atoms with van der Waals surface area (Å²) in [6, 6.07) is 9.14. The van der Waals surface area contributed by atoms with Gasteiger partial charge in [-0.1, -0.05) is 18.2 Å². The highest BCUT2D eigenvalue weighted by atomic mass is 19.4. The van der Waals surface area contributed by atoms with Gasteiger partial charge in [0, 0.05) is 18.2 Å². The maximum atomic E-state index is 12.6. The van der Waals surface area contributed by atoms with Gasteiger partial charge < -0.3 is 0 Å². The summed E-state index contributed by atoms with van der Waals surface area (Å²) in [6.45, 7) is 1.50. The Balaban J connectivity index is 1.84. The smallest absolute Gasteiger partial charge is 0.300 e. The highest BCUT2D eigenvalue weighted by Crippen LogP contribution is 2.29. The van der Waals surface area contributed by atoms with Gasteiger partial charge in [0.15, 0.2) is 0 Å². The van der Waals surface area contributed by atoms with Crippen LogP contribution in [0.4, 0.5) is 13.2 Å². The number of ketones is 1. The van der Waals surface area contributed by atoms with Crippen molar-refractivity contribution in [2.45, 2.75) is 19.5 Å². The van der Waals surface area contributed by atoms with Crippen LogP contribution >= 0.6 is 0 Å². The number of hydrogen-bond acceptors (Lipinski definition) is 6. The Labute approximate surface area is 146 Å². The number of halogens is 3. The fourth-order valence-electron chi connectivity index (χ4n) is 2.25. The molecule has 3 rings (SSSR count). The Bertz CT molecular complexity index is 924. The summed E-state index contributed by atoms with van der Waals surface area (Å²) in [6.07, 6.45) is -3.46. The van der Waals surface area contributed by atoms with Gasteiger partial charge in [-0.15, -0.1) is 20.4 Å². The number of nitrogens with zero attached hydrogens (tertiary/aromatic N) is 5. The molecule has 6 nitrogen and oxygen atoms in total. The summed E-state index contributed by atoms with van der Waals surface area (Å²) in [5.74, 6) is 0.288. The fraction of sp³-hybridized carbons (Fsp3) is 0.176. The molecule has 0 saturated carbocycles. The maximum absolute atomic E-state index is 12.6. The standard InChI is InChI=1S/C17H12F3N5O/c1-10(26)7-11-3-2-4-12(8-11)15-22-24-16(25-23-15)14-6-5-13(9-21-14)17(18,19)20/h2-6,8-9H,7H2,1H3. The lowest BCUT2D eigenvalue weighted by Crippen LogP contribution is -2.06. The van der Waals surface area contributed by atoms with Crippen molar-refractivity contribution in [3.05, 3.63) is 53.7 Å². The number of carbonyl (C=O) groups excluding carboxylic acids is 1. The number of alkyl halides is 3. The van der Waals surface area contributed by atoms with Crippen LogP contribution in [0.25, 0.3) is 22.9 Å². The minimum atomic E-state index is -4.46. The lowest BCUT2D eigenvalue weighted by Gasteiger charge is -2.06. The Morgan fingerprint density at radius 3 is 2.27 bits per heavy atom. The molecule has 0 bridgehead atoms. The second-order valence-corrected chi connectivity index (χ2v) is 5.56. The van der Waals surface area contributed by atoms with Gasteiger partial charge >= 0.3 is 6.18 Å². The third kappa shape index (κ3) is 4.05. The van der Waals surface area contributed by atoms with Crippen LogP contribution in [-0.4, -0.2) is 31.2 Å². The van der Waals surface area contributed by atoms with E-state index in [0.29, 0.717) is 18.2 Å². The normalized spacial score (nSPS) is 11.4. The molecule has 9 heteroatoms. The van der Waals surface area contributed by atoms with Crippen molar-refractivity contribution in [1.29, 1.82) is 0 Å². The van der Waals surface area contributed by atoms with E-state index in [0.717, 1.165) is 17.7 Å². The first-order valence-electron chi connectivity index (χ1n) is 7.53. The molecule has 132 valence electrons. The van der Waals surface area contributed by atoms with Crippen molar-refractivity contribution in [3.63, 3.8) is 0 Å². The summed E-state index contributed by atoms with van der Waals surface area (Å²) < 4.78 is 37.7. The molecular weight excluding hydrogens is 347 g/mol. The van der Waals surface area contributed by atoms with Crippen LogP contribution in [-0.2, 0) is 17.4 Å². The van der Waals surface area contributed by atoms with Gasteiger partial charge in [-0.2, -0.15) is 13.2 Å². The summed E-state index contributed by atoms with van der Waals surface area (Å²) >= 11 is 0. The van der Waals surface area contributed by atoms with E-state index in [2.05, 4.69) is 25.4 Å². The Hall–Kier alpha value is -3.23. The minimum Gasteiger partial charge on any atom is -0.300 e. The number of rotatable bonds is 4. The predicted molar refractivity (Wildman–Crippen MR) is 85.7 cm³/mol. The molecule has 0 spiro atoms. The first-order chi connectivity index (χ1) is 12.3. The molecule has 2 aromatic heterocycles. The molecule has 0 amide bonds. The second-order valence-electron chi connectivity index (χ2n) is 5.56. The van der Waals surface area contributed by atoms with E-state index < -0.39 is 11.7 Å². The molecular formula is C17H12F3N5O. The molecule has 3 aromatic rings. The van der Waals surface area contributed by atoms with Gasteiger partial charge in [0.25, 0.3) is 0 Å². The highest BCUT2D eigenvalue weighted by molar-refractivity contribution is 5.78. The maximum Gasteiger partial charge on any atom is 0.417 e. The van der Waals surface area contributed by atoms with Crippen LogP contribution in [0.3, 0.4) is 0 Å². The zero-order chi connectivity index (χ0) is 18.7. The quantitative estimate of drug-likeness (QED) is 0.712. The average Bonchev–Trinajstić information content (AvgIpc) is 2.61. The van der Waals surface area contributed by atoms with Gasteiger partial charge in [-0.3, -0.25) is 9.78 Å². The molecule has 0 radical (unpaired) electrons. The SMILES string of the molecule is CC(=O)Cc1cccc(-c2nnc(-c3ccc(C(F)(F)F)cn3)nn2)c1. The molecule has 0 unspecified atom stereocenters. The Morgan fingerprint density at radius 2 is 1.69 bits per heavy atom. The number of benzene rings is 1. The number of carbonyl (C=O) groups is 1. The molecule has 26 heavy (non-hydrogen) atoms. The van der Waals surface area contributed by atoms with Crippen molar-refractivity contribution in [2.24, 2.45) is 0 Å². The average molecular weight is 359 g/mol. The molecule has 0 fully saturated rings. The van der Waals surface area contributed by atoms with Crippen molar-refractivity contribution >= 4 is 5.78 Å². The van der Waals surface area contributed by atoms with E-state index in [-0.39, 0.29) is 23.1 Å². The molecule has 0 aliphatic carbocycles. The third-order valence-electron chi connectivity index (χ3n) is 3.44. The van der Waals surface area contributed by atoms with E-state index in [9.17, 15) is 18.0 Å². The van der Waals surface area contributed by atoms with E-state index in [4.69, 9.17) is 0 Å². The minimum absolute atomic E-state index is 0.0161. The number of Topliss-reactive ketones (excluding diaryl/α,β-unsaturated/α-hetero) is 1. The van der Waals surface area contributed by atoms with Crippen molar-refractivity contribution in [2.75, 3.05) is 0 Å². The Kier molecular flexibility index (Phi) is 4.70. The van der Waals surface area contributed by atoms with Crippen molar-refractivity contribution in [1.82, 2.24) is 25.4 Å². The Morgan fingerprint density at radius 1 is 1.00 bits per heavy atom. The molecule has 0 aliphatic rings. The zero-order valence-corrected chi connectivity index (χ0v) is 13.5. The molecule has 1 aromatic carbocycles. The molecule has 0 atom stereocenters. The van der Waals surface area contributed by atoms with Crippen LogP contribution in [0.15, 0.2) is 42.6 Å². The van der Waals surface area contributed by atoms with Gasteiger partial charge in [0.2, 0.25) is 11.6 Å². The van der Waals surface area contributed by atoms with Gasteiger partial charge in [0.1, 0.15) is 11.5 Å². The molecule has 0 aliphatic heterocycles. The van der Waals surface area contributed by atoms with Crippen LogP contribution < -0.4 is 0 Å². The van der Waals surface area contributed by atoms with Crippen LogP contribution in [0, 0.1) is 0 Å². The van der Waals surface area contributed by atoms with Gasteiger partial charge in [-0.05, 0) is 30.7 Å². The molecule has 0 saturated heterocycles. The lowest BCUT2D eigenvalue weighted by atomic mass is 10.1. The van der Waals surface area contributed by atoms with Gasteiger partial charge in [0.05, 0.1) is 5.56 Å². The third-order valence-corrected chi connectivity index (χ3v) is 3.44. The van der Waals surface area contributed by atoms with Crippen LogP contribution in [0.5, 0.6) is 0 Å². The largest absolute Gasteiger partial charge is 0.417 e. The number of aromatic nitrogens is 5. The summed E-state index contributed by atoms with van der Waals surface area (Å²) in [5.41, 5.74) is 0.721. The monoisotopic (exact) mass is 359 g/mol. The van der Waals surface area contributed by atoms with E-state index in [1.165, 1.54) is 6.92 Å². The molecule has 2 heterocycles. The fourth-order valence-corrected chi connectivity index (χ4v) is 2.25. The summed E-state index contributed by atoms with van der Waals surface area (Å²) in [4.78, 5) is 14.9. The molecule has 0 N–H and O–H groups in total. The zero-order valence-electron chi connectivity index (χ0n) is 13.5. The topological polar surface area (TPSA) is 81.5 Å². The highest BCUT2D eigenvalue weighted by Gasteiger charge is 2.30. The van der Waals surface area contributed by atoms with E-state index in [1.807, 2.05) is 6.07 Å². The summed E-state index contributed by atoms with van der Waals surface area (Å²) in [7, 11) is 0. The lowest BCUT2D eigenvalue weighted by molar-refractivity contribution is -0.137. The van der Waals surface area contributed by atoms with Crippen LogP contribution in [0.1, 0.15) is 18.1 Å². The summed E-state index contributed by atoms with van der Waals surface area (Å²) in [5, 5.41) is 15.6. The van der Waals surface area contributed by atoms with E-state index in [1.54, 1.807) is 18.2 Å². The van der Waals surface area contributed by atoms with Crippen molar-refractivity contribution < 1.29 is 18.0 Å². The predicted octanol–water partition coefficient (Wildman–Crippen LogP) is 3.15. The number of hydrogen-bond donors (Lipinski definition) is 0. The number of pyridine rings is 1. The van der Waals surface area contributed by atoms with Crippen LogP contribution in [0.2, 0.25) is 0 Å².